The molecule has 0 N–H and O–H groups in total. The van der Waals surface area contributed by atoms with Gasteiger partial charge in [-0.1, -0.05) is 0 Å². The van der Waals surface area contributed by atoms with E-state index >= 15 is 0 Å². The summed E-state index contributed by atoms with van der Waals surface area (Å²) in [6, 6.07) is 0. The van der Waals surface area contributed by atoms with Crippen LogP contribution in [0.3, 0.4) is 0 Å². The molecular weight excluding hydrogens is 166 g/mol. The van der Waals surface area contributed by atoms with Gasteiger partial charge in [0.1, 0.15) is 5.01 Å². The first-order valence-electron chi connectivity index (χ1n) is 2.84. The second kappa shape index (κ2) is 3.16. The van der Waals surface area contributed by atoms with E-state index in [2.05, 4.69) is 17.6 Å². The monoisotopic (exact) mass is 173 g/mol. The zero-order valence-electron chi connectivity index (χ0n) is 5.44. The molecule has 1 heterocycles. The normalized spacial score (nSPS) is 13.0. The summed E-state index contributed by atoms with van der Waals surface area (Å²) >= 11 is 5.19. The standard InChI is InChI=1S/C6H7NOS2/c1-4(6(8)9)5-7-2-3-10-5/h2-4H,1H3,(H,8,9). The van der Waals surface area contributed by atoms with Crippen LogP contribution in [0.25, 0.3) is 0 Å². The summed E-state index contributed by atoms with van der Waals surface area (Å²) in [7, 11) is 0. The lowest BCUT2D eigenvalue weighted by Gasteiger charge is -1.99. The van der Waals surface area contributed by atoms with Crippen LogP contribution in [0.4, 0.5) is 0 Å². The van der Waals surface area contributed by atoms with Crippen LogP contribution >= 0.6 is 24.0 Å². The van der Waals surface area contributed by atoms with E-state index in [1.165, 1.54) is 11.3 Å². The van der Waals surface area contributed by atoms with Crippen molar-refractivity contribution in [3.8, 4) is 0 Å². The van der Waals surface area contributed by atoms with E-state index in [-0.39, 0.29) is 11.0 Å². The fourth-order valence-electron chi connectivity index (χ4n) is 0.554. The molecule has 0 aliphatic carbocycles. The Kier molecular flexibility index (Phi) is 2.45. The third kappa shape index (κ3) is 1.58. The van der Waals surface area contributed by atoms with E-state index in [0.29, 0.717) is 0 Å². The van der Waals surface area contributed by atoms with E-state index in [9.17, 15) is 4.79 Å². The topological polar surface area (TPSA) is 30.0 Å². The highest BCUT2D eigenvalue weighted by molar-refractivity contribution is 7.96. The first kappa shape index (κ1) is 7.75. The molecule has 0 spiro atoms. The molecule has 0 saturated heterocycles. The number of thiazole rings is 1. The SMILES string of the molecule is CC(C(=O)S)c1nccs1. The van der Waals surface area contributed by atoms with Crippen LogP contribution < -0.4 is 0 Å². The smallest absolute Gasteiger partial charge is 0.195 e. The van der Waals surface area contributed by atoms with Crippen LogP contribution in [0.2, 0.25) is 0 Å². The van der Waals surface area contributed by atoms with Crippen molar-refractivity contribution in [3.63, 3.8) is 0 Å². The molecule has 10 heavy (non-hydrogen) atoms. The maximum atomic E-state index is 10.7. The molecule has 1 aromatic heterocycles. The molecule has 2 nitrogen and oxygen atoms in total. The van der Waals surface area contributed by atoms with Gasteiger partial charge in [-0.3, -0.25) is 4.79 Å². The average Bonchev–Trinajstić information content (AvgIpc) is 2.36. The van der Waals surface area contributed by atoms with Gasteiger partial charge in [0.15, 0.2) is 5.12 Å². The van der Waals surface area contributed by atoms with E-state index in [1.807, 2.05) is 5.38 Å². The van der Waals surface area contributed by atoms with Crippen molar-refractivity contribution in [2.75, 3.05) is 0 Å². The van der Waals surface area contributed by atoms with Crippen LogP contribution in [-0.2, 0) is 4.79 Å². The van der Waals surface area contributed by atoms with E-state index in [0.717, 1.165) is 5.01 Å². The molecular formula is C6H7NOS2. The Morgan fingerprint density at radius 2 is 2.60 bits per heavy atom. The first-order chi connectivity index (χ1) is 4.72. The lowest BCUT2D eigenvalue weighted by molar-refractivity contribution is -0.111. The van der Waals surface area contributed by atoms with Gasteiger partial charge in [-0.05, 0) is 6.92 Å². The Morgan fingerprint density at radius 1 is 1.90 bits per heavy atom. The average molecular weight is 173 g/mol. The fraction of sp³-hybridized carbons (Fsp3) is 0.333. The number of thiol groups is 1. The summed E-state index contributed by atoms with van der Waals surface area (Å²) in [5, 5.41) is 2.55. The molecule has 0 aromatic carbocycles. The summed E-state index contributed by atoms with van der Waals surface area (Å²) in [6.07, 6.45) is 1.69. The zero-order chi connectivity index (χ0) is 7.56. The molecule has 1 aromatic rings. The number of hydrogen-bond acceptors (Lipinski definition) is 3. The van der Waals surface area contributed by atoms with Gasteiger partial charge in [-0.15, -0.1) is 24.0 Å². The van der Waals surface area contributed by atoms with Gasteiger partial charge in [0.2, 0.25) is 0 Å². The largest absolute Gasteiger partial charge is 0.287 e. The number of carbonyl (C=O) groups excluding carboxylic acids is 1. The van der Waals surface area contributed by atoms with E-state index in [4.69, 9.17) is 0 Å². The Hall–Kier alpha value is -0.350. The summed E-state index contributed by atoms with van der Waals surface area (Å²) in [5.74, 6) is -0.164. The number of aromatic nitrogens is 1. The highest BCUT2D eigenvalue weighted by Gasteiger charge is 2.12. The van der Waals surface area contributed by atoms with Gasteiger partial charge in [0, 0.05) is 11.6 Å². The van der Waals surface area contributed by atoms with Crippen LogP contribution in [0.1, 0.15) is 17.8 Å². The second-order valence-electron chi connectivity index (χ2n) is 1.93. The quantitative estimate of drug-likeness (QED) is 0.690. The molecule has 54 valence electrons. The predicted molar refractivity (Wildman–Crippen MR) is 44.5 cm³/mol. The highest BCUT2D eigenvalue weighted by Crippen LogP contribution is 2.19. The molecule has 0 aliphatic rings. The Balaban J connectivity index is 2.77. The van der Waals surface area contributed by atoms with Crippen molar-refractivity contribution in [1.29, 1.82) is 0 Å². The minimum absolute atomic E-state index is 0.130. The molecule has 0 aliphatic heterocycles. The van der Waals surface area contributed by atoms with Crippen molar-refractivity contribution >= 4 is 29.1 Å². The van der Waals surface area contributed by atoms with Crippen LogP contribution in [0.5, 0.6) is 0 Å². The van der Waals surface area contributed by atoms with Crippen molar-refractivity contribution in [3.05, 3.63) is 16.6 Å². The number of nitrogens with zero attached hydrogens (tertiary/aromatic N) is 1. The molecule has 1 unspecified atom stereocenters. The van der Waals surface area contributed by atoms with Crippen molar-refractivity contribution in [1.82, 2.24) is 4.98 Å². The van der Waals surface area contributed by atoms with Gasteiger partial charge in [0.25, 0.3) is 0 Å². The molecule has 1 atom stereocenters. The molecule has 1 rings (SSSR count). The van der Waals surface area contributed by atoms with Gasteiger partial charge >= 0.3 is 0 Å². The Labute approximate surface area is 68.7 Å². The summed E-state index contributed by atoms with van der Waals surface area (Å²) in [6.45, 7) is 1.80. The first-order valence-corrected chi connectivity index (χ1v) is 4.16. The van der Waals surface area contributed by atoms with Gasteiger partial charge in [0.05, 0.1) is 5.92 Å². The van der Waals surface area contributed by atoms with E-state index < -0.39 is 0 Å². The van der Waals surface area contributed by atoms with Crippen molar-refractivity contribution in [2.45, 2.75) is 12.8 Å². The number of carbonyl (C=O) groups is 1. The summed E-state index contributed by atoms with van der Waals surface area (Å²) in [5.41, 5.74) is 0. The third-order valence-electron chi connectivity index (χ3n) is 1.19. The maximum Gasteiger partial charge on any atom is 0.195 e. The molecule has 0 amide bonds. The maximum absolute atomic E-state index is 10.7. The zero-order valence-corrected chi connectivity index (χ0v) is 7.15. The Bertz CT molecular complexity index is 220. The molecule has 4 heteroatoms. The van der Waals surface area contributed by atoms with Gasteiger partial charge in [-0.25, -0.2) is 4.98 Å². The van der Waals surface area contributed by atoms with Crippen LogP contribution in [0, 0.1) is 0 Å². The van der Waals surface area contributed by atoms with Gasteiger partial charge in [-0.2, -0.15) is 0 Å². The summed E-state index contributed by atoms with van der Waals surface area (Å²) in [4.78, 5) is 14.7. The summed E-state index contributed by atoms with van der Waals surface area (Å²) < 4.78 is 0. The Morgan fingerprint density at radius 3 is 3.00 bits per heavy atom. The van der Waals surface area contributed by atoms with Crippen LogP contribution in [-0.4, -0.2) is 10.1 Å². The lowest BCUT2D eigenvalue weighted by atomic mass is 10.2. The third-order valence-corrected chi connectivity index (χ3v) is 2.54. The minimum Gasteiger partial charge on any atom is -0.287 e. The molecule has 0 fully saturated rings. The predicted octanol–water partition coefficient (Wildman–Crippen LogP) is 1.70. The van der Waals surface area contributed by atoms with Gasteiger partial charge < -0.3 is 0 Å². The molecule has 0 radical (unpaired) electrons. The van der Waals surface area contributed by atoms with Crippen LogP contribution in [0.15, 0.2) is 11.6 Å². The minimum atomic E-state index is -0.164. The lowest BCUT2D eigenvalue weighted by Crippen LogP contribution is -2.00. The molecule has 0 bridgehead atoms. The highest BCUT2D eigenvalue weighted by atomic mass is 32.1. The second-order valence-corrected chi connectivity index (χ2v) is 3.30. The van der Waals surface area contributed by atoms with Crippen molar-refractivity contribution in [2.24, 2.45) is 0 Å². The number of hydrogen-bond donors (Lipinski definition) is 1. The molecule has 0 saturated carbocycles. The fourth-order valence-corrected chi connectivity index (χ4v) is 1.46. The van der Waals surface area contributed by atoms with E-state index in [1.54, 1.807) is 13.1 Å². The number of rotatable bonds is 2. The van der Waals surface area contributed by atoms with Crippen molar-refractivity contribution < 1.29 is 4.79 Å².